The molecule has 0 saturated carbocycles. The van der Waals surface area contributed by atoms with E-state index in [9.17, 15) is 9.90 Å². The molecule has 0 spiro atoms. The highest BCUT2D eigenvalue weighted by atomic mass is 16.6. The molecule has 1 N–H and O–H groups in total. The molecule has 2 heterocycles. The Morgan fingerprint density at radius 2 is 2.23 bits per heavy atom. The molecule has 0 aliphatic carbocycles. The number of hydrogen-bond donors (Lipinski definition) is 1. The minimum absolute atomic E-state index is 0.0817. The molecule has 116 valence electrons. The largest absolute Gasteiger partial charge is 0.447 e. The van der Waals surface area contributed by atoms with Crippen LogP contribution in [0.4, 0.5) is 4.79 Å². The van der Waals surface area contributed by atoms with Crippen molar-refractivity contribution < 1.29 is 19.4 Å². The van der Waals surface area contributed by atoms with Gasteiger partial charge in [-0.05, 0) is 11.1 Å². The summed E-state index contributed by atoms with van der Waals surface area (Å²) in [5.41, 5.74) is 9.67. The number of benzene rings is 1. The third-order valence-corrected chi connectivity index (χ3v) is 3.98. The van der Waals surface area contributed by atoms with E-state index in [1.54, 1.807) is 0 Å². The highest BCUT2D eigenvalue weighted by Crippen LogP contribution is 2.29. The predicted molar refractivity (Wildman–Crippen MR) is 75.8 cm³/mol. The van der Waals surface area contributed by atoms with Gasteiger partial charge < -0.3 is 14.6 Å². The van der Waals surface area contributed by atoms with Crippen LogP contribution in [0.5, 0.6) is 0 Å². The molecule has 0 radical (unpaired) electrons. The second-order valence-electron chi connectivity index (χ2n) is 5.32. The van der Waals surface area contributed by atoms with E-state index in [2.05, 4.69) is 10.0 Å². The van der Waals surface area contributed by atoms with Crippen molar-refractivity contribution in [3.63, 3.8) is 0 Å². The fraction of sp³-hybridized carbons (Fsp3) is 0.500. The van der Waals surface area contributed by atoms with Gasteiger partial charge in [-0.3, -0.25) is 4.90 Å². The molecule has 2 saturated heterocycles. The maximum atomic E-state index is 11.7. The average molecular weight is 304 g/mol. The van der Waals surface area contributed by atoms with Crippen molar-refractivity contribution in [1.82, 2.24) is 4.90 Å². The standard InChI is InChI=1S/C14H16N4O4/c15-17-16-12-11(19)6-18-10(8-22-14(18)20)13(12)21-7-9-4-2-1-3-5-9/h1-5,10-13,19H,6-8H2/t10-,11-,12+,13-/m1/s1. The Balaban J connectivity index is 1.79. The van der Waals surface area contributed by atoms with Crippen LogP contribution in [0.1, 0.15) is 5.56 Å². The molecular weight excluding hydrogens is 288 g/mol. The number of carbonyl (C=O) groups is 1. The number of fused-ring (bicyclic) bond motifs is 1. The van der Waals surface area contributed by atoms with Gasteiger partial charge in [0.25, 0.3) is 0 Å². The summed E-state index contributed by atoms with van der Waals surface area (Å²) in [6, 6.07) is 8.43. The molecule has 1 aromatic rings. The molecule has 2 fully saturated rings. The molecule has 0 aromatic heterocycles. The maximum Gasteiger partial charge on any atom is 0.410 e. The summed E-state index contributed by atoms with van der Waals surface area (Å²) in [7, 11) is 0. The molecule has 8 heteroatoms. The van der Waals surface area contributed by atoms with Gasteiger partial charge in [-0.1, -0.05) is 35.4 Å². The summed E-state index contributed by atoms with van der Waals surface area (Å²) in [5.74, 6) is 0. The number of hydrogen-bond acceptors (Lipinski definition) is 5. The van der Waals surface area contributed by atoms with E-state index in [0.717, 1.165) is 5.56 Å². The van der Waals surface area contributed by atoms with Crippen LogP contribution in [0.2, 0.25) is 0 Å². The molecule has 2 aliphatic heterocycles. The molecule has 0 unspecified atom stereocenters. The Labute approximate surface area is 126 Å². The van der Waals surface area contributed by atoms with Crippen LogP contribution in [0, 0.1) is 0 Å². The van der Waals surface area contributed by atoms with Crippen LogP contribution in [0.15, 0.2) is 35.4 Å². The Hall–Kier alpha value is -2.28. The number of azide groups is 1. The van der Waals surface area contributed by atoms with Gasteiger partial charge in [0, 0.05) is 4.91 Å². The van der Waals surface area contributed by atoms with Crippen molar-refractivity contribution in [3.8, 4) is 0 Å². The van der Waals surface area contributed by atoms with Crippen LogP contribution < -0.4 is 0 Å². The number of carbonyl (C=O) groups excluding carboxylic acids is 1. The number of nitrogens with zero attached hydrogens (tertiary/aromatic N) is 4. The molecule has 4 atom stereocenters. The fourth-order valence-corrected chi connectivity index (χ4v) is 2.88. The topological polar surface area (TPSA) is 108 Å². The van der Waals surface area contributed by atoms with Crippen molar-refractivity contribution in [2.75, 3.05) is 13.2 Å². The highest BCUT2D eigenvalue weighted by Gasteiger charge is 2.49. The SMILES string of the molecule is [N-]=[N+]=N[C@@H]1[C@H](OCc2ccccc2)[C@H]2COC(=O)N2C[C@H]1O. The highest BCUT2D eigenvalue weighted by molar-refractivity contribution is 5.70. The normalized spacial score (nSPS) is 30.4. The lowest BCUT2D eigenvalue weighted by molar-refractivity contribution is -0.0805. The summed E-state index contributed by atoms with van der Waals surface area (Å²) < 4.78 is 10.9. The zero-order valence-electron chi connectivity index (χ0n) is 11.8. The Morgan fingerprint density at radius 1 is 1.45 bits per heavy atom. The number of rotatable bonds is 4. The van der Waals surface area contributed by atoms with Gasteiger partial charge in [0.05, 0.1) is 37.4 Å². The lowest BCUT2D eigenvalue weighted by Gasteiger charge is -2.40. The van der Waals surface area contributed by atoms with Gasteiger partial charge in [0.1, 0.15) is 6.61 Å². The maximum absolute atomic E-state index is 11.7. The molecule has 0 bridgehead atoms. The van der Waals surface area contributed by atoms with Crippen molar-refractivity contribution in [2.45, 2.75) is 30.9 Å². The third kappa shape index (κ3) is 2.71. The number of piperidine rings is 1. The van der Waals surface area contributed by atoms with Gasteiger partial charge in [0.15, 0.2) is 0 Å². The number of aliphatic hydroxyl groups excluding tert-OH is 1. The molecule has 1 aromatic carbocycles. The van der Waals surface area contributed by atoms with E-state index < -0.39 is 24.3 Å². The van der Waals surface area contributed by atoms with E-state index in [1.807, 2.05) is 30.3 Å². The monoisotopic (exact) mass is 304 g/mol. The molecule has 8 nitrogen and oxygen atoms in total. The summed E-state index contributed by atoms with van der Waals surface area (Å²) in [6.07, 6.45) is -2.05. The van der Waals surface area contributed by atoms with Crippen LogP contribution >= 0.6 is 0 Å². The average Bonchev–Trinajstić information content (AvgIpc) is 2.89. The van der Waals surface area contributed by atoms with Crippen molar-refractivity contribution in [1.29, 1.82) is 0 Å². The van der Waals surface area contributed by atoms with Gasteiger partial charge in [-0.2, -0.15) is 0 Å². The van der Waals surface area contributed by atoms with Gasteiger partial charge >= 0.3 is 6.09 Å². The quantitative estimate of drug-likeness (QED) is 0.516. The number of amides is 1. The van der Waals surface area contributed by atoms with E-state index in [0.29, 0.717) is 6.61 Å². The number of cyclic esters (lactones) is 1. The van der Waals surface area contributed by atoms with E-state index >= 15 is 0 Å². The predicted octanol–water partition coefficient (Wildman–Crippen LogP) is 1.45. The Bertz CT molecular complexity index is 590. The first kappa shape index (κ1) is 14.6. The van der Waals surface area contributed by atoms with E-state index in [-0.39, 0.29) is 19.2 Å². The van der Waals surface area contributed by atoms with Gasteiger partial charge in [0.2, 0.25) is 0 Å². The fourth-order valence-electron chi connectivity index (χ4n) is 2.88. The third-order valence-electron chi connectivity index (χ3n) is 3.98. The molecular formula is C14H16N4O4. The summed E-state index contributed by atoms with van der Waals surface area (Å²) in [4.78, 5) is 15.9. The van der Waals surface area contributed by atoms with Crippen molar-refractivity contribution in [3.05, 3.63) is 46.3 Å². The zero-order valence-corrected chi connectivity index (χ0v) is 11.8. The van der Waals surface area contributed by atoms with Crippen LogP contribution in [-0.2, 0) is 16.1 Å². The summed E-state index contributed by atoms with van der Waals surface area (Å²) in [6.45, 7) is 0.551. The first-order chi connectivity index (χ1) is 10.7. The van der Waals surface area contributed by atoms with E-state index in [1.165, 1.54) is 4.90 Å². The van der Waals surface area contributed by atoms with Gasteiger partial charge in [-0.15, -0.1) is 0 Å². The summed E-state index contributed by atoms with van der Waals surface area (Å²) >= 11 is 0. The number of ether oxygens (including phenoxy) is 2. The van der Waals surface area contributed by atoms with Crippen LogP contribution in [0.3, 0.4) is 0 Å². The van der Waals surface area contributed by atoms with Crippen molar-refractivity contribution >= 4 is 6.09 Å². The summed E-state index contributed by atoms with van der Waals surface area (Å²) in [5, 5.41) is 13.8. The zero-order chi connectivity index (χ0) is 15.5. The molecule has 2 aliphatic rings. The van der Waals surface area contributed by atoms with E-state index in [4.69, 9.17) is 15.0 Å². The Morgan fingerprint density at radius 3 is 2.95 bits per heavy atom. The first-order valence-electron chi connectivity index (χ1n) is 7.02. The Kier molecular flexibility index (Phi) is 4.15. The molecule has 3 rings (SSSR count). The first-order valence-corrected chi connectivity index (χ1v) is 7.02. The lowest BCUT2D eigenvalue weighted by atomic mass is 9.93. The molecule has 1 amide bonds. The van der Waals surface area contributed by atoms with Gasteiger partial charge in [-0.25, -0.2) is 4.79 Å². The van der Waals surface area contributed by atoms with Crippen molar-refractivity contribution in [2.24, 2.45) is 5.11 Å². The second kappa shape index (κ2) is 6.23. The van der Waals surface area contributed by atoms with Crippen LogP contribution in [-0.4, -0.2) is 53.5 Å². The second-order valence-corrected chi connectivity index (χ2v) is 5.32. The van der Waals surface area contributed by atoms with Crippen LogP contribution in [0.25, 0.3) is 10.4 Å². The minimum atomic E-state index is -0.974. The minimum Gasteiger partial charge on any atom is -0.447 e. The lowest BCUT2D eigenvalue weighted by Crippen LogP contribution is -2.60. The molecule has 22 heavy (non-hydrogen) atoms. The smallest absolute Gasteiger partial charge is 0.410 e. The number of aliphatic hydroxyl groups is 1.